The van der Waals surface area contributed by atoms with E-state index in [0.29, 0.717) is 24.4 Å². The number of ether oxygens (including phenoxy) is 2. The van der Waals surface area contributed by atoms with E-state index in [0.717, 1.165) is 19.4 Å². The fourth-order valence-electron chi connectivity index (χ4n) is 2.80. The average Bonchev–Trinajstić information content (AvgIpc) is 2.27. The Morgan fingerprint density at radius 3 is 2.24 bits per heavy atom. The molecule has 1 aliphatic heterocycles. The molecule has 3 heteroatoms. The molecule has 100 valence electrons. The van der Waals surface area contributed by atoms with Crippen LogP contribution in [0.1, 0.15) is 46.5 Å². The molecule has 2 rings (SSSR count). The first-order chi connectivity index (χ1) is 8.19. The predicted molar refractivity (Wildman–Crippen MR) is 69.3 cm³/mol. The van der Waals surface area contributed by atoms with E-state index in [4.69, 9.17) is 9.47 Å². The fourth-order valence-corrected chi connectivity index (χ4v) is 2.80. The van der Waals surface area contributed by atoms with Gasteiger partial charge in [0.15, 0.2) is 0 Å². The SMILES string of the molecule is CCOC1CC(OC2CCN(C(C)C)CC2)C1. The van der Waals surface area contributed by atoms with Crippen LogP contribution in [0.4, 0.5) is 0 Å². The second-order valence-corrected chi connectivity index (χ2v) is 5.64. The molecule has 1 saturated carbocycles. The molecule has 0 atom stereocenters. The first-order valence-electron chi connectivity index (χ1n) is 7.20. The Kier molecular flexibility index (Phi) is 4.83. The van der Waals surface area contributed by atoms with Crippen molar-refractivity contribution >= 4 is 0 Å². The van der Waals surface area contributed by atoms with Crippen molar-refractivity contribution < 1.29 is 9.47 Å². The van der Waals surface area contributed by atoms with Gasteiger partial charge in [0, 0.05) is 25.7 Å². The van der Waals surface area contributed by atoms with Gasteiger partial charge in [0.2, 0.25) is 0 Å². The summed E-state index contributed by atoms with van der Waals surface area (Å²) in [5.74, 6) is 0. The van der Waals surface area contributed by atoms with Crippen LogP contribution in [-0.4, -0.2) is 49.0 Å². The van der Waals surface area contributed by atoms with Gasteiger partial charge in [-0.05, 0) is 46.5 Å². The van der Waals surface area contributed by atoms with Crippen LogP contribution in [0, 0.1) is 0 Å². The highest BCUT2D eigenvalue weighted by Gasteiger charge is 2.33. The Morgan fingerprint density at radius 2 is 1.71 bits per heavy atom. The molecule has 0 aromatic carbocycles. The molecule has 2 aliphatic rings. The molecule has 0 amide bonds. The highest BCUT2D eigenvalue weighted by atomic mass is 16.5. The van der Waals surface area contributed by atoms with E-state index in [-0.39, 0.29) is 0 Å². The molecular weight excluding hydrogens is 214 g/mol. The van der Waals surface area contributed by atoms with Gasteiger partial charge in [-0.25, -0.2) is 0 Å². The molecule has 0 aromatic heterocycles. The lowest BCUT2D eigenvalue weighted by Crippen LogP contribution is -2.45. The number of hydrogen-bond acceptors (Lipinski definition) is 3. The molecule has 2 fully saturated rings. The lowest BCUT2D eigenvalue weighted by molar-refractivity contribution is -0.134. The van der Waals surface area contributed by atoms with Gasteiger partial charge in [-0.3, -0.25) is 0 Å². The van der Waals surface area contributed by atoms with E-state index in [1.165, 1.54) is 25.9 Å². The first-order valence-corrected chi connectivity index (χ1v) is 7.20. The van der Waals surface area contributed by atoms with Crippen molar-refractivity contribution in [2.45, 2.75) is 70.8 Å². The van der Waals surface area contributed by atoms with Gasteiger partial charge in [-0.1, -0.05) is 0 Å². The van der Waals surface area contributed by atoms with Crippen molar-refractivity contribution in [2.24, 2.45) is 0 Å². The maximum absolute atomic E-state index is 6.13. The Balaban J connectivity index is 1.60. The number of rotatable bonds is 5. The van der Waals surface area contributed by atoms with Gasteiger partial charge in [0.05, 0.1) is 18.3 Å². The van der Waals surface area contributed by atoms with Gasteiger partial charge in [0.1, 0.15) is 0 Å². The van der Waals surface area contributed by atoms with Crippen LogP contribution < -0.4 is 0 Å². The van der Waals surface area contributed by atoms with Crippen LogP contribution in [0.25, 0.3) is 0 Å². The largest absolute Gasteiger partial charge is 0.378 e. The smallest absolute Gasteiger partial charge is 0.0628 e. The molecule has 1 saturated heterocycles. The monoisotopic (exact) mass is 241 g/mol. The van der Waals surface area contributed by atoms with Gasteiger partial charge in [-0.15, -0.1) is 0 Å². The molecule has 17 heavy (non-hydrogen) atoms. The van der Waals surface area contributed by atoms with Crippen molar-refractivity contribution in [3.8, 4) is 0 Å². The summed E-state index contributed by atoms with van der Waals surface area (Å²) in [4.78, 5) is 2.55. The predicted octanol–water partition coefficient (Wildman–Crippen LogP) is 2.44. The highest BCUT2D eigenvalue weighted by Crippen LogP contribution is 2.29. The number of hydrogen-bond donors (Lipinski definition) is 0. The van der Waals surface area contributed by atoms with Crippen molar-refractivity contribution in [2.75, 3.05) is 19.7 Å². The lowest BCUT2D eigenvalue weighted by Gasteiger charge is -2.40. The van der Waals surface area contributed by atoms with E-state index in [2.05, 4.69) is 25.7 Å². The van der Waals surface area contributed by atoms with Crippen molar-refractivity contribution in [1.82, 2.24) is 4.90 Å². The minimum atomic E-state index is 0.473. The van der Waals surface area contributed by atoms with Crippen LogP contribution in [0.3, 0.4) is 0 Å². The zero-order valence-corrected chi connectivity index (χ0v) is 11.5. The van der Waals surface area contributed by atoms with Crippen molar-refractivity contribution in [1.29, 1.82) is 0 Å². The Bertz CT molecular complexity index is 218. The van der Waals surface area contributed by atoms with E-state index in [1.54, 1.807) is 0 Å². The molecule has 0 N–H and O–H groups in total. The molecular formula is C14H27NO2. The summed E-state index contributed by atoms with van der Waals surface area (Å²) >= 11 is 0. The third-order valence-corrected chi connectivity index (χ3v) is 4.05. The fraction of sp³-hybridized carbons (Fsp3) is 1.00. The van der Waals surface area contributed by atoms with Gasteiger partial charge in [-0.2, -0.15) is 0 Å². The van der Waals surface area contributed by atoms with E-state index in [9.17, 15) is 0 Å². The van der Waals surface area contributed by atoms with Gasteiger partial charge in [0.25, 0.3) is 0 Å². The summed E-state index contributed by atoms with van der Waals surface area (Å²) in [7, 11) is 0. The normalized spacial score (nSPS) is 31.8. The number of piperidine rings is 1. The standard InChI is InChI=1S/C14H27NO2/c1-4-16-13-9-14(10-13)17-12-5-7-15(8-6-12)11(2)3/h11-14H,4-10H2,1-3H3. The van der Waals surface area contributed by atoms with Gasteiger partial charge >= 0.3 is 0 Å². The summed E-state index contributed by atoms with van der Waals surface area (Å²) in [5, 5.41) is 0. The molecule has 0 aromatic rings. The molecule has 0 unspecified atom stereocenters. The van der Waals surface area contributed by atoms with Crippen LogP contribution in [0.2, 0.25) is 0 Å². The van der Waals surface area contributed by atoms with Crippen LogP contribution in [0.15, 0.2) is 0 Å². The quantitative estimate of drug-likeness (QED) is 0.738. The molecule has 0 spiro atoms. The molecule has 0 radical (unpaired) electrons. The lowest BCUT2D eigenvalue weighted by atomic mass is 9.91. The average molecular weight is 241 g/mol. The Morgan fingerprint density at radius 1 is 1.06 bits per heavy atom. The summed E-state index contributed by atoms with van der Waals surface area (Å²) < 4.78 is 11.7. The summed E-state index contributed by atoms with van der Waals surface area (Å²) in [6, 6.07) is 0.682. The Labute approximate surface area is 105 Å². The van der Waals surface area contributed by atoms with Crippen LogP contribution in [0.5, 0.6) is 0 Å². The van der Waals surface area contributed by atoms with E-state index in [1.807, 2.05) is 0 Å². The number of likely N-dealkylation sites (tertiary alicyclic amines) is 1. The maximum Gasteiger partial charge on any atom is 0.0628 e. The van der Waals surface area contributed by atoms with Crippen molar-refractivity contribution in [3.05, 3.63) is 0 Å². The van der Waals surface area contributed by atoms with Crippen LogP contribution >= 0.6 is 0 Å². The van der Waals surface area contributed by atoms with Crippen molar-refractivity contribution in [3.63, 3.8) is 0 Å². The summed E-state index contributed by atoms with van der Waals surface area (Å²) in [5.41, 5.74) is 0. The first kappa shape index (κ1) is 13.3. The molecule has 0 bridgehead atoms. The summed E-state index contributed by atoms with van der Waals surface area (Å²) in [6.07, 6.45) is 6.07. The van der Waals surface area contributed by atoms with Gasteiger partial charge < -0.3 is 14.4 Å². The third-order valence-electron chi connectivity index (χ3n) is 4.05. The third kappa shape index (κ3) is 3.67. The zero-order chi connectivity index (χ0) is 12.3. The van der Waals surface area contributed by atoms with E-state index < -0.39 is 0 Å². The molecule has 1 aliphatic carbocycles. The van der Waals surface area contributed by atoms with Crippen LogP contribution in [-0.2, 0) is 9.47 Å². The molecule has 3 nitrogen and oxygen atoms in total. The summed E-state index contributed by atoms with van der Waals surface area (Å²) in [6.45, 7) is 9.85. The Hall–Kier alpha value is -0.120. The number of nitrogens with zero attached hydrogens (tertiary/aromatic N) is 1. The minimum absolute atomic E-state index is 0.473. The second kappa shape index (κ2) is 6.17. The highest BCUT2D eigenvalue weighted by molar-refractivity contribution is 4.84. The minimum Gasteiger partial charge on any atom is -0.378 e. The topological polar surface area (TPSA) is 21.7 Å². The second-order valence-electron chi connectivity index (χ2n) is 5.64. The van der Waals surface area contributed by atoms with E-state index >= 15 is 0 Å². The zero-order valence-electron chi connectivity index (χ0n) is 11.5. The molecule has 1 heterocycles. The maximum atomic E-state index is 6.13.